The number of anilines is 2. The molecule has 1 aliphatic heterocycles. The van der Waals surface area contributed by atoms with Crippen molar-refractivity contribution in [3.05, 3.63) is 54.4 Å². The van der Waals surface area contributed by atoms with E-state index in [0.29, 0.717) is 35.4 Å². The molecule has 2 aromatic carbocycles. The third kappa shape index (κ3) is 4.80. The number of aromatic nitrogens is 4. The monoisotopic (exact) mass is 518 g/mol. The summed E-state index contributed by atoms with van der Waals surface area (Å²) in [6, 6.07) is 14.5. The number of nitrogens with one attached hydrogen (secondary N) is 2. The number of nitrogens with zero attached hydrogens (tertiary/aromatic N) is 4. The van der Waals surface area contributed by atoms with E-state index in [1.54, 1.807) is 4.57 Å². The largest absolute Gasteiger partial charge is 0.394 e. The number of hydrogen-bond acceptors (Lipinski definition) is 9. The first-order valence-electron chi connectivity index (χ1n) is 13.4. The smallest absolute Gasteiger partial charge is 0.226 e. The molecule has 0 radical (unpaired) electrons. The molecule has 2 fully saturated rings. The standard InChI is InChI=1S/C28H34N6O4/c35-15-21-23(36)24(37)27(38-21)34-16-31-22-25(29-14-19-11-6-10-18-9-4-5-12-20(18)19)32-28(33-26(22)34)30-13-17-7-2-1-3-8-17/h4-6,9-12,16-17,21,23-24,27,35-37H,1-3,7-8,13-15H2,(H2,29,30,32,33)/t21-,23-,24-,27-/m1/s1. The van der Waals surface area contributed by atoms with E-state index in [1.165, 1.54) is 49.2 Å². The normalized spacial score (nSPS) is 24.3. The Balaban J connectivity index is 1.33. The molecule has 5 N–H and O–H groups in total. The molecule has 200 valence electrons. The number of aliphatic hydroxyl groups is 3. The SMILES string of the molecule is OC[C@H]1O[C@@H](n2cnc3c(NCc4cccc5ccccc45)nc(NCC4CCCCC4)nc32)[C@H](O)[C@@H]1O. The summed E-state index contributed by atoms with van der Waals surface area (Å²) in [6.45, 7) is 0.925. The summed E-state index contributed by atoms with van der Waals surface area (Å²) in [5, 5.41) is 39.7. The van der Waals surface area contributed by atoms with Crippen molar-refractivity contribution in [2.45, 2.75) is 63.2 Å². The van der Waals surface area contributed by atoms with Crippen LogP contribution < -0.4 is 10.6 Å². The molecule has 0 amide bonds. The van der Waals surface area contributed by atoms with Gasteiger partial charge in [0.1, 0.15) is 18.3 Å². The minimum absolute atomic E-state index is 0.400. The zero-order valence-corrected chi connectivity index (χ0v) is 21.2. The number of imidazole rings is 1. The van der Waals surface area contributed by atoms with Gasteiger partial charge in [0.25, 0.3) is 0 Å². The molecule has 0 unspecified atom stereocenters. The second-order valence-corrected chi connectivity index (χ2v) is 10.3. The second-order valence-electron chi connectivity index (χ2n) is 10.3. The van der Waals surface area contributed by atoms with Crippen LogP contribution in [0.4, 0.5) is 11.8 Å². The first-order chi connectivity index (χ1) is 18.6. The highest BCUT2D eigenvalue weighted by Gasteiger charge is 2.44. The Morgan fingerprint density at radius 2 is 1.76 bits per heavy atom. The van der Waals surface area contributed by atoms with E-state index in [4.69, 9.17) is 14.7 Å². The predicted octanol–water partition coefficient (Wildman–Crippen LogP) is 3.20. The Labute approximate surface area is 220 Å². The van der Waals surface area contributed by atoms with Crippen LogP contribution in [0.1, 0.15) is 43.9 Å². The first kappa shape index (κ1) is 25.0. The number of benzene rings is 2. The summed E-state index contributed by atoms with van der Waals surface area (Å²) in [5.74, 6) is 1.62. The molecule has 4 aromatic rings. The molecule has 4 atom stereocenters. The molecule has 2 aromatic heterocycles. The van der Waals surface area contributed by atoms with Gasteiger partial charge >= 0.3 is 0 Å². The van der Waals surface area contributed by atoms with E-state index in [-0.39, 0.29) is 0 Å². The number of rotatable bonds is 8. The number of hydrogen-bond donors (Lipinski definition) is 5. The lowest BCUT2D eigenvalue weighted by Crippen LogP contribution is -2.33. The van der Waals surface area contributed by atoms with Gasteiger partial charge in [-0.25, -0.2) is 4.98 Å². The van der Waals surface area contributed by atoms with E-state index in [0.717, 1.165) is 12.1 Å². The zero-order chi connectivity index (χ0) is 26.1. The molecule has 3 heterocycles. The van der Waals surface area contributed by atoms with E-state index in [2.05, 4.69) is 39.9 Å². The van der Waals surface area contributed by atoms with Crippen molar-refractivity contribution in [2.24, 2.45) is 5.92 Å². The Bertz CT molecular complexity index is 1400. The molecule has 10 nitrogen and oxygen atoms in total. The van der Waals surface area contributed by atoms with Crippen LogP contribution in [0.5, 0.6) is 0 Å². The maximum Gasteiger partial charge on any atom is 0.226 e. The van der Waals surface area contributed by atoms with E-state index < -0.39 is 31.1 Å². The highest BCUT2D eigenvalue weighted by atomic mass is 16.6. The van der Waals surface area contributed by atoms with Gasteiger partial charge < -0.3 is 30.7 Å². The quantitative estimate of drug-likeness (QED) is 0.238. The van der Waals surface area contributed by atoms with E-state index >= 15 is 0 Å². The summed E-state index contributed by atoms with van der Waals surface area (Å²) >= 11 is 0. The maximum atomic E-state index is 10.6. The van der Waals surface area contributed by atoms with Crippen molar-refractivity contribution in [3.63, 3.8) is 0 Å². The lowest BCUT2D eigenvalue weighted by Gasteiger charge is -2.22. The van der Waals surface area contributed by atoms with Crippen molar-refractivity contribution in [1.82, 2.24) is 19.5 Å². The summed E-state index contributed by atoms with van der Waals surface area (Å²) in [7, 11) is 0. The van der Waals surface area contributed by atoms with Gasteiger partial charge in [0.15, 0.2) is 23.2 Å². The Morgan fingerprint density at radius 3 is 2.58 bits per heavy atom. The summed E-state index contributed by atoms with van der Waals surface area (Å²) in [4.78, 5) is 14.1. The molecule has 0 spiro atoms. The Kier molecular flexibility index (Phi) is 7.12. The third-order valence-corrected chi connectivity index (χ3v) is 7.81. The van der Waals surface area contributed by atoms with Crippen LogP contribution in [0.25, 0.3) is 21.9 Å². The lowest BCUT2D eigenvalue weighted by molar-refractivity contribution is -0.0511. The van der Waals surface area contributed by atoms with Crippen molar-refractivity contribution >= 4 is 33.7 Å². The summed E-state index contributed by atoms with van der Waals surface area (Å²) in [5.41, 5.74) is 2.14. The Morgan fingerprint density at radius 1 is 0.947 bits per heavy atom. The van der Waals surface area contributed by atoms with Crippen LogP contribution in [-0.4, -0.2) is 66.3 Å². The predicted molar refractivity (Wildman–Crippen MR) is 145 cm³/mol. The minimum atomic E-state index is -1.23. The molecule has 10 heteroatoms. The van der Waals surface area contributed by atoms with Crippen molar-refractivity contribution in [1.29, 1.82) is 0 Å². The topological polar surface area (TPSA) is 138 Å². The van der Waals surface area contributed by atoms with Gasteiger partial charge in [-0.3, -0.25) is 4.57 Å². The van der Waals surface area contributed by atoms with E-state index in [1.807, 2.05) is 18.2 Å². The lowest BCUT2D eigenvalue weighted by atomic mass is 9.89. The van der Waals surface area contributed by atoms with Crippen LogP contribution in [-0.2, 0) is 11.3 Å². The molecule has 1 saturated carbocycles. The molecule has 1 aliphatic carbocycles. The first-order valence-corrected chi connectivity index (χ1v) is 13.4. The van der Waals surface area contributed by atoms with Crippen molar-refractivity contribution in [3.8, 4) is 0 Å². The molecule has 6 rings (SSSR count). The maximum absolute atomic E-state index is 10.6. The van der Waals surface area contributed by atoms with Gasteiger partial charge in [0, 0.05) is 13.1 Å². The van der Waals surface area contributed by atoms with Gasteiger partial charge in [0.05, 0.1) is 12.9 Å². The summed E-state index contributed by atoms with van der Waals surface area (Å²) < 4.78 is 7.38. The van der Waals surface area contributed by atoms with Crippen molar-refractivity contribution in [2.75, 3.05) is 23.8 Å². The molecular weight excluding hydrogens is 484 g/mol. The highest BCUT2D eigenvalue weighted by Crippen LogP contribution is 2.33. The van der Waals surface area contributed by atoms with Gasteiger partial charge in [-0.05, 0) is 35.1 Å². The number of aliphatic hydroxyl groups excluding tert-OH is 3. The number of ether oxygens (including phenoxy) is 1. The molecule has 1 saturated heterocycles. The van der Waals surface area contributed by atoms with Gasteiger partial charge in [0.2, 0.25) is 5.95 Å². The molecule has 2 aliphatic rings. The zero-order valence-electron chi connectivity index (χ0n) is 21.2. The second kappa shape index (κ2) is 10.8. The van der Waals surface area contributed by atoms with Crippen molar-refractivity contribution < 1.29 is 20.1 Å². The minimum Gasteiger partial charge on any atom is -0.394 e. The third-order valence-electron chi connectivity index (χ3n) is 7.81. The Hall–Kier alpha value is -3.31. The molecule has 38 heavy (non-hydrogen) atoms. The van der Waals surface area contributed by atoms with E-state index in [9.17, 15) is 15.3 Å². The van der Waals surface area contributed by atoms with Crippen LogP contribution in [0.3, 0.4) is 0 Å². The van der Waals surface area contributed by atoms with Crippen LogP contribution >= 0.6 is 0 Å². The van der Waals surface area contributed by atoms with Crippen LogP contribution in [0.15, 0.2) is 48.8 Å². The van der Waals surface area contributed by atoms with Gasteiger partial charge in [-0.1, -0.05) is 61.7 Å². The number of fused-ring (bicyclic) bond motifs is 2. The molecular formula is C28H34N6O4. The van der Waals surface area contributed by atoms with Gasteiger partial charge in [-0.2, -0.15) is 9.97 Å². The van der Waals surface area contributed by atoms with Crippen LogP contribution in [0.2, 0.25) is 0 Å². The molecule has 0 bridgehead atoms. The fraction of sp³-hybridized carbons (Fsp3) is 0.464. The average Bonchev–Trinajstić information content (AvgIpc) is 3.51. The fourth-order valence-corrected chi connectivity index (χ4v) is 5.67. The summed E-state index contributed by atoms with van der Waals surface area (Å²) in [6.07, 6.45) is 3.47. The van der Waals surface area contributed by atoms with Gasteiger partial charge in [-0.15, -0.1) is 0 Å². The fourth-order valence-electron chi connectivity index (χ4n) is 5.67. The average molecular weight is 519 g/mol. The highest BCUT2D eigenvalue weighted by molar-refractivity contribution is 5.87. The van der Waals surface area contributed by atoms with Crippen LogP contribution in [0, 0.1) is 5.92 Å².